The minimum Gasteiger partial charge on any atom is -0.507 e. The average molecular weight is 741 g/mol. The molecule has 0 radical (unpaired) electrons. The molecule has 6 rings (SSSR count). The molecule has 2 amide bonds. The number of nitrogens with zero attached hydrogens (tertiary/aromatic N) is 6. The zero-order valence-electron chi connectivity index (χ0n) is 29.6. The maximum atomic E-state index is 14.0. The molecule has 0 bridgehead atoms. The fraction of sp³-hybridized carbons (Fsp3) is 0.263. The van der Waals surface area contributed by atoms with Crippen LogP contribution in [0.4, 0.5) is 15.0 Å². The number of halogens is 1. The van der Waals surface area contributed by atoms with Gasteiger partial charge in [0, 0.05) is 52.4 Å². The molecule has 270 valence electrons. The first-order chi connectivity index (χ1) is 25.0. The Kier molecular flexibility index (Phi) is 11.4. The van der Waals surface area contributed by atoms with Crippen molar-refractivity contribution >= 4 is 41.0 Å². The van der Waals surface area contributed by atoms with Crippen molar-refractivity contribution in [2.45, 2.75) is 35.6 Å². The van der Waals surface area contributed by atoms with Crippen molar-refractivity contribution in [1.29, 1.82) is 0 Å². The second-order valence-electron chi connectivity index (χ2n) is 13.1. The van der Waals surface area contributed by atoms with E-state index in [1.807, 2.05) is 87.0 Å². The molecular formula is C38H41FN8O3S2. The number of hydrogen-bond donors (Lipinski definition) is 3. The Hall–Kier alpha value is -5.05. The zero-order chi connectivity index (χ0) is 36.8. The molecule has 0 spiro atoms. The number of likely N-dealkylation sites (N-methyl/N-ethyl adjacent to an activating group) is 1. The van der Waals surface area contributed by atoms with Crippen LogP contribution in [0, 0.1) is 5.82 Å². The van der Waals surface area contributed by atoms with Gasteiger partial charge in [0.15, 0.2) is 11.5 Å². The number of pyridine rings is 1. The lowest BCUT2D eigenvalue weighted by atomic mass is 9.92. The Morgan fingerprint density at radius 3 is 2.65 bits per heavy atom. The van der Waals surface area contributed by atoms with Crippen molar-refractivity contribution in [2.75, 3.05) is 44.6 Å². The topological polar surface area (TPSA) is 122 Å². The quantitative estimate of drug-likeness (QED) is 0.104. The number of anilines is 1. The van der Waals surface area contributed by atoms with Gasteiger partial charge in [-0.2, -0.15) is 16.9 Å². The highest BCUT2D eigenvalue weighted by Gasteiger charge is 2.26. The van der Waals surface area contributed by atoms with Crippen LogP contribution in [0.15, 0.2) is 101 Å². The summed E-state index contributed by atoms with van der Waals surface area (Å²) in [5, 5.41) is 29.8. The van der Waals surface area contributed by atoms with E-state index in [2.05, 4.69) is 45.8 Å². The van der Waals surface area contributed by atoms with Crippen LogP contribution in [0.1, 0.15) is 25.1 Å². The fourth-order valence-corrected chi connectivity index (χ4v) is 7.33. The van der Waals surface area contributed by atoms with Gasteiger partial charge in [-0.15, -0.1) is 10.2 Å². The molecular weight excluding hydrogens is 700 g/mol. The first-order valence-electron chi connectivity index (χ1n) is 16.6. The third-order valence-corrected chi connectivity index (χ3v) is 10.3. The van der Waals surface area contributed by atoms with E-state index in [4.69, 9.17) is 9.84 Å². The number of urea groups is 1. The average Bonchev–Trinajstić information content (AvgIpc) is 3.74. The van der Waals surface area contributed by atoms with Crippen LogP contribution in [0.5, 0.6) is 11.5 Å². The normalized spacial score (nSPS) is 11.7. The molecule has 0 saturated carbocycles. The molecule has 6 aromatic rings. The van der Waals surface area contributed by atoms with Crippen molar-refractivity contribution in [2.24, 2.45) is 0 Å². The molecule has 3 aromatic carbocycles. The number of thioether (sulfide) groups is 1. The van der Waals surface area contributed by atoms with Gasteiger partial charge in [0.2, 0.25) is 0 Å². The van der Waals surface area contributed by atoms with Crippen molar-refractivity contribution < 1.29 is 19.0 Å². The highest BCUT2D eigenvalue weighted by atomic mass is 32.2. The Bertz CT molecular complexity index is 2190. The van der Waals surface area contributed by atoms with E-state index in [-0.39, 0.29) is 29.3 Å². The second-order valence-corrected chi connectivity index (χ2v) is 15.1. The minimum atomic E-state index is -0.486. The fourth-order valence-electron chi connectivity index (χ4n) is 5.50. The van der Waals surface area contributed by atoms with E-state index in [1.54, 1.807) is 20.8 Å². The molecule has 3 heterocycles. The molecule has 0 atom stereocenters. The van der Waals surface area contributed by atoms with E-state index in [0.29, 0.717) is 23.9 Å². The number of ether oxygens (including phenoxy) is 1. The summed E-state index contributed by atoms with van der Waals surface area (Å²) < 4.78 is 23.5. The molecule has 3 aromatic heterocycles. The van der Waals surface area contributed by atoms with Crippen molar-refractivity contribution in [3.63, 3.8) is 0 Å². The summed E-state index contributed by atoms with van der Waals surface area (Å²) in [5.74, 6) is 1.86. The molecule has 0 aliphatic carbocycles. The summed E-state index contributed by atoms with van der Waals surface area (Å²) in [6.07, 6.45) is 3.91. The molecule has 11 nitrogen and oxygen atoms in total. The predicted molar refractivity (Wildman–Crippen MR) is 205 cm³/mol. The van der Waals surface area contributed by atoms with Gasteiger partial charge in [-0.25, -0.2) is 13.9 Å². The van der Waals surface area contributed by atoms with Gasteiger partial charge in [-0.05, 0) is 74.4 Å². The van der Waals surface area contributed by atoms with Crippen LogP contribution < -0.4 is 15.4 Å². The van der Waals surface area contributed by atoms with E-state index >= 15 is 0 Å². The van der Waals surface area contributed by atoms with Gasteiger partial charge >= 0.3 is 6.03 Å². The maximum Gasteiger partial charge on any atom is 0.320 e. The van der Waals surface area contributed by atoms with Crippen molar-refractivity contribution in [3.8, 4) is 28.6 Å². The summed E-state index contributed by atoms with van der Waals surface area (Å²) in [6, 6.07) is 24.5. The lowest BCUT2D eigenvalue weighted by Crippen LogP contribution is -2.29. The first-order valence-corrected chi connectivity index (χ1v) is 18.8. The number of amides is 2. The lowest BCUT2D eigenvalue weighted by molar-refractivity contribution is 0.251. The maximum absolute atomic E-state index is 14.0. The van der Waals surface area contributed by atoms with E-state index < -0.39 is 5.82 Å². The standard InChI is InChI=1S/C38H41FN8O3S2/c1-38(2,24-51-5)33-21-35(47(44-33)27-10-8-11-28(20-27)50-18-17-45(3)4)41-37(49)40-22-25-9-6-7-12-32(25)52-29-14-16-34-42-43-36(46(34)23-29)30-19-26(39)13-15-31(30)48/h6-16,19-21,23,48H,17-18,22,24H2,1-5H3,(H2,40,41,49). The molecule has 0 unspecified atom stereocenters. The van der Waals surface area contributed by atoms with Crippen LogP contribution in [-0.2, 0) is 12.0 Å². The predicted octanol–water partition coefficient (Wildman–Crippen LogP) is 7.48. The molecule has 0 fully saturated rings. The molecule has 14 heteroatoms. The molecule has 0 saturated heterocycles. The Balaban J connectivity index is 1.19. The number of nitrogens with one attached hydrogen (secondary N) is 2. The highest BCUT2D eigenvalue weighted by Crippen LogP contribution is 2.34. The van der Waals surface area contributed by atoms with Gasteiger partial charge in [0.05, 0.1) is 16.9 Å². The van der Waals surface area contributed by atoms with E-state index in [1.165, 1.54) is 30.0 Å². The minimum absolute atomic E-state index is 0.0930. The van der Waals surface area contributed by atoms with Crippen LogP contribution in [0.3, 0.4) is 0 Å². The Labute approximate surface area is 310 Å². The number of benzene rings is 3. The number of fused-ring (bicyclic) bond motifs is 1. The van der Waals surface area contributed by atoms with E-state index in [0.717, 1.165) is 44.8 Å². The van der Waals surface area contributed by atoms with Gasteiger partial charge in [-0.1, -0.05) is 49.9 Å². The number of hydrogen-bond acceptors (Lipinski definition) is 9. The molecule has 3 N–H and O–H groups in total. The lowest BCUT2D eigenvalue weighted by Gasteiger charge is -2.20. The number of carbonyl (C=O) groups is 1. The molecule has 52 heavy (non-hydrogen) atoms. The van der Waals surface area contributed by atoms with Gasteiger partial charge in [-0.3, -0.25) is 9.72 Å². The van der Waals surface area contributed by atoms with Crippen LogP contribution >= 0.6 is 23.5 Å². The summed E-state index contributed by atoms with van der Waals surface area (Å²) in [4.78, 5) is 17.3. The zero-order valence-corrected chi connectivity index (χ0v) is 31.3. The monoisotopic (exact) mass is 740 g/mol. The van der Waals surface area contributed by atoms with Gasteiger partial charge in [0.25, 0.3) is 0 Å². The third-order valence-electron chi connectivity index (χ3n) is 8.23. The smallest absolute Gasteiger partial charge is 0.320 e. The number of phenolic OH excluding ortho intramolecular Hbond substituents is 1. The van der Waals surface area contributed by atoms with Gasteiger partial charge < -0.3 is 20.1 Å². The van der Waals surface area contributed by atoms with Crippen LogP contribution in [0.2, 0.25) is 0 Å². The number of aromatic hydroxyl groups is 1. The summed E-state index contributed by atoms with van der Waals surface area (Å²) >= 11 is 3.25. The van der Waals surface area contributed by atoms with Crippen LogP contribution in [-0.4, -0.2) is 79.7 Å². The van der Waals surface area contributed by atoms with Crippen LogP contribution in [0.25, 0.3) is 22.7 Å². The summed E-state index contributed by atoms with van der Waals surface area (Å²) in [7, 11) is 4.00. The third kappa shape index (κ3) is 8.69. The molecule has 0 aliphatic heterocycles. The summed E-state index contributed by atoms with van der Waals surface area (Å²) in [6.45, 7) is 5.88. The number of phenols is 1. The number of carbonyl (C=O) groups excluding carboxylic acids is 1. The largest absolute Gasteiger partial charge is 0.507 e. The summed E-state index contributed by atoms with van der Waals surface area (Å²) in [5.41, 5.74) is 3.10. The highest BCUT2D eigenvalue weighted by molar-refractivity contribution is 7.99. The Morgan fingerprint density at radius 2 is 1.85 bits per heavy atom. The van der Waals surface area contributed by atoms with Crippen molar-refractivity contribution in [1.82, 2.24) is 34.6 Å². The Morgan fingerprint density at radius 1 is 1.02 bits per heavy atom. The van der Waals surface area contributed by atoms with Crippen molar-refractivity contribution in [3.05, 3.63) is 108 Å². The van der Waals surface area contributed by atoms with E-state index in [9.17, 15) is 14.3 Å². The number of aromatic nitrogens is 5. The first kappa shape index (κ1) is 36.7. The van der Waals surface area contributed by atoms with Gasteiger partial charge in [0.1, 0.15) is 29.7 Å². The SMILES string of the molecule is CSCC(C)(C)c1cc(NC(=O)NCc2ccccc2Sc2ccc3nnc(-c4cc(F)ccc4O)n3c2)n(-c2cccc(OCCN(C)C)c2)n1. The molecule has 0 aliphatic rings. The second kappa shape index (κ2) is 16.1. The number of rotatable bonds is 14.